The zero-order valence-electron chi connectivity index (χ0n) is 12.7. The fraction of sp³-hybridized carbons (Fsp3) is 0.312. The van der Waals surface area contributed by atoms with E-state index in [2.05, 4.69) is 34.0 Å². The molecular formula is C16H21N5O. The van der Waals surface area contributed by atoms with E-state index in [1.165, 1.54) is 0 Å². The lowest BCUT2D eigenvalue weighted by Gasteiger charge is -2.21. The van der Waals surface area contributed by atoms with E-state index in [1.54, 1.807) is 0 Å². The topological polar surface area (TPSA) is 79.2 Å². The molecule has 22 heavy (non-hydrogen) atoms. The van der Waals surface area contributed by atoms with Crippen molar-refractivity contribution < 1.29 is 4.74 Å². The maximum atomic E-state index is 5.71. The van der Waals surface area contributed by atoms with E-state index in [4.69, 9.17) is 10.5 Å². The summed E-state index contributed by atoms with van der Waals surface area (Å²) in [5.74, 6) is 0.834. The highest BCUT2D eigenvalue weighted by Crippen LogP contribution is 2.34. The number of rotatable bonds is 5. The number of ether oxygens (including phenoxy) is 1. The normalized spacial score (nSPS) is 13.7. The highest BCUT2D eigenvalue weighted by molar-refractivity contribution is 5.72. The number of aromatic amines is 1. The van der Waals surface area contributed by atoms with Gasteiger partial charge in [-0.15, -0.1) is 0 Å². The van der Waals surface area contributed by atoms with Crippen molar-refractivity contribution in [2.45, 2.75) is 6.54 Å². The molecule has 1 aromatic heterocycles. The van der Waals surface area contributed by atoms with Gasteiger partial charge in [0.2, 0.25) is 0 Å². The predicted molar refractivity (Wildman–Crippen MR) is 87.7 cm³/mol. The Kier molecular flexibility index (Phi) is 4.13. The van der Waals surface area contributed by atoms with Gasteiger partial charge in [0.1, 0.15) is 12.4 Å². The van der Waals surface area contributed by atoms with Crippen LogP contribution in [0.1, 0.15) is 5.56 Å². The molecule has 6 nitrogen and oxygen atoms in total. The molecule has 1 aliphatic heterocycles. The molecule has 2 heterocycles. The first-order valence-electron chi connectivity index (χ1n) is 7.30. The lowest BCUT2D eigenvalue weighted by molar-refractivity contribution is 0.337. The molecule has 0 aliphatic carbocycles. The molecule has 2 aromatic rings. The molecule has 0 saturated carbocycles. The number of H-pyrrole nitrogens is 1. The average Bonchev–Trinajstić information content (AvgIpc) is 2.95. The molecule has 0 saturated heterocycles. The minimum absolute atomic E-state index is 0.492. The Morgan fingerprint density at radius 1 is 1.45 bits per heavy atom. The first-order chi connectivity index (χ1) is 10.7. The third kappa shape index (κ3) is 2.98. The summed E-state index contributed by atoms with van der Waals surface area (Å²) in [5, 5.41) is 10.5. The van der Waals surface area contributed by atoms with Crippen molar-refractivity contribution in [1.82, 2.24) is 15.1 Å². The minimum atomic E-state index is 0.492. The van der Waals surface area contributed by atoms with Gasteiger partial charge < -0.3 is 20.7 Å². The number of benzene rings is 1. The van der Waals surface area contributed by atoms with Gasteiger partial charge >= 0.3 is 0 Å². The largest absolute Gasteiger partial charge is 0.485 e. The van der Waals surface area contributed by atoms with Crippen LogP contribution in [0.4, 0.5) is 5.69 Å². The second-order valence-electron chi connectivity index (χ2n) is 5.52. The van der Waals surface area contributed by atoms with Gasteiger partial charge in [-0.05, 0) is 19.2 Å². The molecule has 1 aromatic carbocycles. The van der Waals surface area contributed by atoms with Crippen LogP contribution in [0.2, 0.25) is 0 Å². The molecular weight excluding hydrogens is 278 g/mol. The van der Waals surface area contributed by atoms with E-state index < -0.39 is 0 Å². The Balaban J connectivity index is 1.86. The van der Waals surface area contributed by atoms with Crippen LogP contribution in [-0.4, -0.2) is 41.8 Å². The third-order valence-electron chi connectivity index (χ3n) is 3.65. The zero-order valence-corrected chi connectivity index (χ0v) is 12.7. The van der Waals surface area contributed by atoms with Crippen LogP contribution in [0.3, 0.4) is 0 Å². The van der Waals surface area contributed by atoms with Crippen molar-refractivity contribution in [3.63, 3.8) is 0 Å². The lowest BCUT2D eigenvalue weighted by atomic mass is 10.1. The summed E-state index contributed by atoms with van der Waals surface area (Å²) in [6, 6.07) is 6.08. The smallest absolute Gasteiger partial charge is 0.143 e. The summed E-state index contributed by atoms with van der Waals surface area (Å²) >= 11 is 0. The molecule has 116 valence electrons. The molecule has 0 unspecified atom stereocenters. The van der Waals surface area contributed by atoms with Gasteiger partial charge in [0.05, 0.1) is 17.6 Å². The lowest BCUT2D eigenvalue weighted by Crippen LogP contribution is -2.25. The van der Waals surface area contributed by atoms with Crippen LogP contribution in [0.5, 0.6) is 5.75 Å². The highest BCUT2D eigenvalue weighted by Gasteiger charge is 2.15. The van der Waals surface area contributed by atoms with Crippen LogP contribution in [-0.2, 0) is 6.54 Å². The molecule has 0 fully saturated rings. The minimum Gasteiger partial charge on any atom is -0.485 e. The van der Waals surface area contributed by atoms with Gasteiger partial charge in [-0.25, -0.2) is 0 Å². The first-order valence-corrected chi connectivity index (χ1v) is 7.30. The van der Waals surface area contributed by atoms with Gasteiger partial charge in [0.25, 0.3) is 0 Å². The van der Waals surface area contributed by atoms with Crippen LogP contribution in [0.25, 0.3) is 11.3 Å². The quantitative estimate of drug-likeness (QED) is 0.784. The van der Waals surface area contributed by atoms with Gasteiger partial charge in [-0.2, -0.15) is 5.10 Å². The third-order valence-corrected chi connectivity index (χ3v) is 3.65. The zero-order chi connectivity index (χ0) is 15.5. The SMILES string of the molecule is C=C1COc2cc(-c3[nH]ncc3CN(C)CCN)ccc2N1. The van der Waals surface area contributed by atoms with Crippen LogP contribution in [0.15, 0.2) is 36.7 Å². The molecule has 4 N–H and O–H groups in total. The average molecular weight is 299 g/mol. The van der Waals surface area contributed by atoms with Gasteiger partial charge in [-0.1, -0.05) is 12.6 Å². The molecule has 0 spiro atoms. The fourth-order valence-electron chi connectivity index (χ4n) is 2.56. The summed E-state index contributed by atoms with van der Waals surface area (Å²) in [4.78, 5) is 2.18. The molecule has 0 radical (unpaired) electrons. The van der Waals surface area contributed by atoms with Crippen molar-refractivity contribution >= 4 is 5.69 Å². The maximum Gasteiger partial charge on any atom is 0.143 e. The number of aromatic nitrogens is 2. The summed E-state index contributed by atoms with van der Waals surface area (Å²) in [6.07, 6.45) is 1.86. The number of anilines is 1. The van der Waals surface area contributed by atoms with Crippen molar-refractivity contribution in [2.24, 2.45) is 5.73 Å². The number of hydrogen-bond acceptors (Lipinski definition) is 5. The number of nitrogens with zero attached hydrogens (tertiary/aromatic N) is 2. The Morgan fingerprint density at radius 3 is 3.14 bits per heavy atom. The Bertz CT molecular complexity index is 679. The second kappa shape index (κ2) is 6.21. The number of fused-ring (bicyclic) bond motifs is 1. The highest BCUT2D eigenvalue weighted by atomic mass is 16.5. The molecule has 0 amide bonds. The molecule has 1 aliphatic rings. The maximum absolute atomic E-state index is 5.71. The summed E-state index contributed by atoms with van der Waals surface area (Å²) in [5.41, 5.74) is 10.6. The summed E-state index contributed by atoms with van der Waals surface area (Å²) < 4.78 is 5.71. The van der Waals surface area contributed by atoms with Crippen molar-refractivity contribution in [3.05, 3.63) is 42.2 Å². The monoisotopic (exact) mass is 299 g/mol. The Labute approximate surface area is 130 Å². The fourth-order valence-corrected chi connectivity index (χ4v) is 2.56. The summed E-state index contributed by atoms with van der Waals surface area (Å²) in [7, 11) is 2.05. The Hall–Kier alpha value is -2.31. The number of nitrogens with two attached hydrogens (primary N) is 1. The van der Waals surface area contributed by atoms with Crippen LogP contribution in [0, 0.1) is 0 Å². The van der Waals surface area contributed by atoms with Crippen LogP contribution < -0.4 is 15.8 Å². The predicted octanol–water partition coefficient (Wildman–Crippen LogP) is 1.79. The van der Waals surface area contributed by atoms with Gasteiger partial charge in [0.15, 0.2) is 0 Å². The van der Waals surface area contributed by atoms with Gasteiger partial charge in [-0.3, -0.25) is 5.10 Å². The number of likely N-dealkylation sites (N-methyl/N-ethyl adjacent to an activating group) is 1. The van der Waals surface area contributed by atoms with E-state index in [1.807, 2.05) is 24.4 Å². The van der Waals surface area contributed by atoms with Gasteiger partial charge in [0, 0.05) is 36.5 Å². The van der Waals surface area contributed by atoms with E-state index in [0.29, 0.717) is 13.2 Å². The number of hydrogen-bond donors (Lipinski definition) is 3. The van der Waals surface area contributed by atoms with Crippen molar-refractivity contribution in [1.29, 1.82) is 0 Å². The Morgan fingerprint density at radius 2 is 2.32 bits per heavy atom. The molecule has 3 rings (SSSR count). The van der Waals surface area contributed by atoms with E-state index in [9.17, 15) is 0 Å². The molecule has 0 bridgehead atoms. The molecule has 0 atom stereocenters. The van der Waals surface area contributed by atoms with Crippen LogP contribution >= 0.6 is 0 Å². The standard InChI is InChI=1S/C16H21N5O/c1-11-10-22-15-7-12(3-4-14(15)19-11)16-13(8-18-20-16)9-21(2)6-5-17/h3-4,7-8,19H,1,5-6,9-10,17H2,2H3,(H,18,20). The van der Waals surface area contributed by atoms with E-state index in [0.717, 1.165) is 47.0 Å². The van der Waals surface area contributed by atoms with Crippen molar-refractivity contribution in [2.75, 3.05) is 32.1 Å². The van der Waals surface area contributed by atoms with E-state index >= 15 is 0 Å². The molecule has 6 heteroatoms. The summed E-state index contributed by atoms with van der Waals surface area (Å²) in [6.45, 7) is 6.67. The van der Waals surface area contributed by atoms with E-state index in [-0.39, 0.29) is 0 Å². The first kappa shape index (κ1) is 14.6. The second-order valence-corrected chi connectivity index (χ2v) is 5.52. The number of nitrogens with one attached hydrogen (secondary N) is 2. The van der Waals surface area contributed by atoms with Crippen molar-refractivity contribution in [3.8, 4) is 17.0 Å².